The molecule has 0 spiro atoms. The molecule has 0 bridgehead atoms. The summed E-state index contributed by atoms with van der Waals surface area (Å²) in [5.41, 5.74) is 1.11. The van der Waals surface area contributed by atoms with E-state index in [2.05, 4.69) is 5.32 Å². The quantitative estimate of drug-likeness (QED) is 0.652. The van der Waals surface area contributed by atoms with Crippen LogP contribution in [0.3, 0.4) is 0 Å². The van der Waals surface area contributed by atoms with Crippen LogP contribution in [-0.2, 0) is 21.2 Å². The minimum Gasteiger partial charge on any atom is -0.508 e. The number of aryl methyl sites for hydroxylation is 1. The van der Waals surface area contributed by atoms with Gasteiger partial charge in [-0.1, -0.05) is 23.7 Å². The van der Waals surface area contributed by atoms with Crippen molar-refractivity contribution in [2.45, 2.75) is 30.6 Å². The maximum Gasteiger partial charge on any atom is 0.243 e. The van der Waals surface area contributed by atoms with Gasteiger partial charge in [0.25, 0.3) is 0 Å². The number of rotatable bonds is 7. The largest absolute Gasteiger partial charge is 0.508 e. The smallest absolute Gasteiger partial charge is 0.243 e. The number of benzene rings is 2. The zero-order chi connectivity index (χ0) is 20.9. The summed E-state index contributed by atoms with van der Waals surface area (Å²) in [6, 6.07) is 13.2. The highest BCUT2D eigenvalue weighted by atomic mass is 35.5. The van der Waals surface area contributed by atoms with E-state index in [9.17, 15) is 18.3 Å². The van der Waals surface area contributed by atoms with E-state index >= 15 is 0 Å². The minimum absolute atomic E-state index is 0.0146. The third-order valence-electron chi connectivity index (χ3n) is 5.15. The summed E-state index contributed by atoms with van der Waals surface area (Å²) >= 11 is 5.83. The van der Waals surface area contributed by atoms with Crippen LogP contribution in [0.1, 0.15) is 24.8 Å². The first-order chi connectivity index (χ1) is 13.9. The Labute approximate surface area is 176 Å². The van der Waals surface area contributed by atoms with Crippen LogP contribution < -0.4 is 5.32 Å². The first-order valence-corrected chi connectivity index (χ1v) is 11.5. The number of piperidine rings is 1. The van der Waals surface area contributed by atoms with Crippen molar-refractivity contribution in [3.63, 3.8) is 0 Å². The Kier molecular flexibility index (Phi) is 7.16. The number of hydrogen-bond donors (Lipinski definition) is 2. The van der Waals surface area contributed by atoms with E-state index < -0.39 is 10.0 Å². The second-order valence-corrected chi connectivity index (χ2v) is 9.57. The highest BCUT2D eigenvalue weighted by molar-refractivity contribution is 7.89. The van der Waals surface area contributed by atoms with Gasteiger partial charge < -0.3 is 10.4 Å². The first-order valence-electron chi connectivity index (χ1n) is 9.67. The molecule has 1 heterocycles. The standard InChI is InChI=1S/C21H25ClN2O4S/c22-18-5-9-20(10-6-18)29(27,28)24-14-11-17(12-15-24)21(26)23-13-1-2-16-3-7-19(25)8-4-16/h3-10,17,25H,1-2,11-15H2,(H,23,26). The molecule has 0 atom stereocenters. The van der Waals surface area contributed by atoms with Crippen LogP contribution in [0.4, 0.5) is 0 Å². The molecule has 2 aromatic carbocycles. The number of sulfonamides is 1. The maximum atomic E-state index is 12.7. The Morgan fingerprint density at radius 3 is 2.31 bits per heavy atom. The van der Waals surface area contributed by atoms with E-state index in [1.807, 2.05) is 12.1 Å². The fourth-order valence-corrected chi connectivity index (χ4v) is 5.02. The normalized spacial score (nSPS) is 15.9. The van der Waals surface area contributed by atoms with Gasteiger partial charge in [0.05, 0.1) is 4.90 Å². The fraction of sp³-hybridized carbons (Fsp3) is 0.381. The van der Waals surface area contributed by atoms with Gasteiger partial charge in [0.15, 0.2) is 0 Å². The number of hydrogen-bond acceptors (Lipinski definition) is 4. The van der Waals surface area contributed by atoms with E-state index in [1.54, 1.807) is 24.3 Å². The monoisotopic (exact) mass is 436 g/mol. The lowest BCUT2D eigenvalue weighted by molar-refractivity contribution is -0.126. The lowest BCUT2D eigenvalue weighted by Crippen LogP contribution is -2.43. The van der Waals surface area contributed by atoms with Crippen LogP contribution in [0.2, 0.25) is 5.02 Å². The van der Waals surface area contributed by atoms with Gasteiger partial charge in [-0.25, -0.2) is 8.42 Å². The molecule has 0 radical (unpaired) electrons. The molecule has 3 rings (SSSR count). The molecule has 8 heteroatoms. The van der Waals surface area contributed by atoms with Gasteiger partial charge in [0.1, 0.15) is 5.75 Å². The van der Waals surface area contributed by atoms with Gasteiger partial charge in [-0.15, -0.1) is 0 Å². The molecule has 29 heavy (non-hydrogen) atoms. The molecular formula is C21H25ClN2O4S. The summed E-state index contributed by atoms with van der Waals surface area (Å²) in [4.78, 5) is 12.6. The summed E-state index contributed by atoms with van der Waals surface area (Å²) in [5.74, 6) is 0.0612. The third kappa shape index (κ3) is 5.72. The molecule has 2 N–H and O–H groups in total. The molecular weight excluding hydrogens is 412 g/mol. The van der Waals surface area contributed by atoms with Crippen molar-refractivity contribution in [1.82, 2.24) is 9.62 Å². The van der Waals surface area contributed by atoms with Crippen molar-refractivity contribution in [1.29, 1.82) is 0 Å². The van der Waals surface area contributed by atoms with Gasteiger partial charge in [-0.05, 0) is 67.6 Å². The molecule has 1 aliphatic heterocycles. The van der Waals surface area contributed by atoms with Crippen LogP contribution in [0.25, 0.3) is 0 Å². The highest BCUT2D eigenvalue weighted by Gasteiger charge is 2.31. The molecule has 2 aromatic rings. The van der Waals surface area contributed by atoms with E-state index in [0.717, 1.165) is 18.4 Å². The number of halogens is 1. The fourth-order valence-electron chi connectivity index (χ4n) is 3.43. The van der Waals surface area contributed by atoms with Gasteiger partial charge in [0.2, 0.25) is 15.9 Å². The first kappa shape index (κ1) is 21.6. The number of nitrogens with zero attached hydrogens (tertiary/aromatic N) is 1. The lowest BCUT2D eigenvalue weighted by Gasteiger charge is -2.30. The zero-order valence-corrected chi connectivity index (χ0v) is 17.6. The van der Waals surface area contributed by atoms with Crippen LogP contribution in [0, 0.1) is 5.92 Å². The molecule has 6 nitrogen and oxygen atoms in total. The van der Waals surface area contributed by atoms with Crippen molar-refractivity contribution in [2.75, 3.05) is 19.6 Å². The van der Waals surface area contributed by atoms with Crippen LogP contribution in [-0.4, -0.2) is 43.4 Å². The Morgan fingerprint density at radius 2 is 1.69 bits per heavy atom. The highest BCUT2D eigenvalue weighted by Crippen LogP contribution is 2.25. The molecule has 156 valence electrons. The number of nitrogens with one attached hydrogen (secondary N) is 1. The maximum absolute atomic E-state index is 12.7. The zero-order valence-electron chi connectivity index (χ0n) is 16.1. The SMILES string of the molecule is O=C(NCCCc1ccc(O)cc1)C1CCN(S(=O)(=O)c2ccc(Cl)cc2)CC1. The lowest BCUT2D eigenvalue weighted by atomic mass is 9.97. The summed E-state index contributed by atoms with van der Waals surface area (Å²) < 4.78 is 26.9. The topological polar surface area (TPSA) is 86.7 Å². The van der Waals surface area contributed by atoms with E-state index in [-0.39, 0.29) is 22.5 Å². The average molecular weight is 437 g/mol. The van der Waals surface area contributed by atoms with Crippen LogP contribution >= 0.6 is 11.6 Å². The Balaban J connectivity index is 1.43. The van der Waals surface area contributed by atoms with Gasteiger partial charge >= 0.3 is 0 Å². The number of carbonyl (C=O) groups is 1. The summed E-state index contributed by atoms with van der Waals surface area (Å²) in [5, 5.41) is 12.7. The molecule has 1 amide bonds. The molecule has 1 fully saturated rings. The number of amides is 1. The number of phenolic OH excluding ortho intramolecular Hbond substituents is 1. The number of carbonyl (C=O) groups excluding carboxylic acids is 1. The molecule has 0 unspecified atom stereocenters. The van der Waals surface area contributed by atoms with Crippen molar-refractivity contribution in [3.8, 4) is 5.75 Å². The number of phenols is 1. The Morgan fingerprint density at radius 1 is 1.07 bits per heavy atom. The Hall–Kier alpha value is -2.09. The van der Waals surface area contributed by atoms with E-state index in [4.69, 9.17) is 11.6 Å². The van der Waals surface area contributed by atoms with Crippen molar-refractivity contribution >= 4 is 27.5 Å². The predicted molar refractivity (Wildman–Crippen MR) is 112 cm³/mol. The van der Waals surface area contributed by atoms with E-state index in [0.29, 0.717) is 37.5 Å². The number of aromatic hydroxyl groups is 1. The third-order valence-corrected chi connectivity index (χ3v) is 7.32. The van der Waals surface area contributed by atoms with Crippen molar-refractivity contribution in [3.05, 3.63) is 59.1 Å². The summed E-state index contributed by atoms with van der Waals surface area (Å²) in [7, 11) is -3.56. The van der Waals surface area contributed by atoms with Gasteiger partial charge in [-0.3, -0.25) is 4.79 Å². The summed E-state index contributed by atoms with van der Waals surface area (Å²) in [6.07, 6.45) is 2.64. The molecule has 0 saturated carbocycles. The van der Waals surface area contributed by atoms with E-state index in [1.165, 1.54) is 16.4 Å². The van der Waals surface area contributed by atoms with Gasteiger partial charge in [0, 0.05) is 30.6 Å². The van der Waals surface area contributed by atoms with Crippen molar-refractivity contribution in [2.24, 2.45) is 5.92 Å². The second-order valence-electron chi connectivity index (χ2n) is 7.19. The second kappa shape index (κ2) is 9.61. The Bertz CT molecular complexity index is 922. The molecule has 0 aliphatic carbocycles. The van der Waals surface area contributed by atoms with Crippen molar-refractivity contribution < 1.29 is 18.3 Å². The summed E-state index contributed by atoms with van der Waals surface area (Å²) in [6.45, 7) is 1.23. The van der Waals surface area contributed by atoms with Crippen LogP contribution in [0.15, 0.2) is 53.4 Å². The predicted octanol–water partition coefficient (Wildman–Crippen LogP) is 3.20. The van der Waals surface area contributed by atoms with Crippen LogP contribution in [0.5, 0.6) is 5.75 Å². The molecule has 1 saturated heterocycles. The average Bonchev–Trinajstić information content (AvgIpc) is 2.73. The molecule has 0 aromatic heterocycles. The molecule has 1 aliphatic rings. The minimum atomic E-state index is -3.56. The van der Waals surface area contributed by atoms with Gasteiger partial charge in [-0.2, -0.15) is 4.31 Å².